The van der Waals surface area contributed by atoms with Gasteiger partial charge in [-0.25, -0.2) is 9.97 Å². The number of hydrogen-bond donors (Lipinski definition) is 1. The molecule has 0 bridgehead atoms. The van der Waals surface area contributed by atoms with Gasteiger partial charge in [0.15, 0.2) is 0 Å². The third-order valence-electron chi connectivity index (χ3n) is 4.28. The average Bonchev–Trinajstić information content (AvgIpc) is 2.97. The quantitative estimate of drug-likeness (QED) is 0.902. The van der Waals surface area contributed by atoms with Gasteiger partial charge in [-0.2, -0.15) is 0 Å². The van der Waals surface area contributed by atoms with Gasteiger partial charge in [0.25, 0.3) is 0 Å². The zero-order chi connectivity index (χ0) is 13.4. The Morgan fingerprint density at radius 2 is 2.20 bits per heavy atom. The number of fused-ring (bicyclic) bond motifs is 2. The van der Waals surface area contributed by atoms with E-state index in [1.807, 2.05) is 6.20 Å². The molecule has 0 unspecified atom stereocenters. The van der Waals surface area contributed by atoms with Crippen molar-refractivity contribution in [1.29, 1.82) is 0 Å². The van der Waals surface area contributed by atoms with Gasteiger partial charge in [0.05, 0.1) is 5.69 Å². The van der Waals surface area contributed by atoms with Crippen molar-refractivity contribution in [3.63, 3.8) is 0 Å². The molecule has 0 fully saturated rings. The van der Waals surface area contributed by atoms with Crippen LogP contribution in [-0.4, -0.2) is 28.0 Å². The molecule has 2 aliphatic heterocycles. The van der Waals surface area contributed by atoms with Crippen molar-refractivity contribution in [3.8, 4) is 0 Å². The zero-order valence-corrected chi connectivity index (χ0v) is 11.5. The van der Waals surface area contributed by atoms with Gasteiger partial charge in [-0.15, -0.1) is 0 Å². The highest BCUT2D eigenvalue weighted by atomic mass is 15.1. The second kappa shape index (κ2) is 4.87. The first-order valence-electron chi connectivity index (χ1n) is 7.25. The highest BCUT2D eigenvalue weighted by Crippen LogP contribution is 2.28. The molecule has 4 nitrogen and oxygen atoms in total. The third-order valence-corrected chi connectivity index (χ3v) is 4.28. The van der Waals surface area contributed by atoms with Gasteiger partial charge in [-0.1, -0.05) is 18.2 Å². The number of nitrogens with zero attached hydrogens (tertiary/aromatic N) is 3. The van der Waals surface area contributed by atoms with Crippen LogP contribution in [0.5, 0.6) is 0 Å². The first kappa shape index (κ1) is 11.9. The summed E-state index contributed by atoms with van der Waals surface area (Å²) in [6.07, 6.45) is 5.82. The molecule has 4 rings (SSSR count). The zero-order valence-electron chi connectivity index (χ0n) is 11.5. The average molecular weight is 266 g/mol. The van der Waals surface area contributed by atoms with Crippen LogP contribution in [0.3, 0.4) is 0 Å². The Hall–Kier alpha value is -1.94. The normalized spacial score (nSPS) is 17.4. The van der Waals surface area contributed by atoms with Crippen molar-refractivity contribution in [2.24, 2.45) is 0 Å². The third kappa shape index (κ3) is 2.06. The summed E-state index contributed by atoms with van der Waals surface area (Å²) in [5, 5.41) is 3.53. The Bertz CT molecular complexity index is 638. The van der Waals surface area contributed by atoms with Crippen LogP contribution in [0.25, 0.3) is 0 Å². The Labute approximate surface area is 118 Å². The van der Waals surface area contributed by atoms with Crippen LogP contribution in [0.1, 0.15) is 22.4 Å². The predicted octanol–water partition coefficient (Wildman–Crippen LogP) is 2.00. The highest BCUT2D eigenvalue weighted by molar-refractivity contribution is 5.61. The molecule has 0 spiro atoms. The van der Waals surface area contributed by atoms with E-state index >= 15 is 0 Å². The van der Waals surface area contributed by atoms with Gasteiger partial charge in [-0.3, -0.25) is 4.90 Å². The molecule has 4 heteroatoms. The van der Waals surface area contributed by atoms with E-state index in [4.69, 9.17) is 0 Å². The maximum atomic E-state index is 4.42. The van der Waals surface area contributed by atoms with Crippen LogP contribution in [0, 0.1) is 0 Å². The molecule has 0 radical (unpaired) electrons. The smallest absolute Gasteiger partial charge is 0.115 e. The Morgan fingerprint density at radius 1 is 1.20 bits per heavy atom. The van der Waals surface area contributed by atoms with Gasteiger partial charge in [0, 0.05) is 38.1 Å². The van der Waals surface area contributed by atoms with E-state index in [0.717, 1.165) is 39.0 Å². The van der Waals surface area contributed by atoms with Crippen LogP contribution in [0.2, 0.25) is 0 Å². The summed E-state index contributed by atoms with van der Waals surface area (Å²) in [6.45, 7) is 4.09. The molecule has 0 aliphatic carbocycles. The van der Waals surface area contributed by atoms with Crippen LogP contribution >= 0.6 is 0 Å². The lowest BCUT2D eigenvalue weighted by Crippen LogP contribution is -2.31. The van der Waals surface area contributed by atoms with Crippen molar-refractivity contribution >= 4 is 5.69 Å². The lowest BCUT2D eigenvalue weighted by molar-refractivity contribution is 0.241. The van der Waals surface area contributed by atoms with Crippen molar-refractivity contribution in [2.75, 3.05) is 18.4 Å². The molecule has 0 saturated carbocycles. The van der Waals surface area contributed by atoms with Gasteiger partial charge < -0.3 is 5.32 Å². The molecule has 2 aromatic rings. The van der Waals surface area contributed by atoms with E-state index < -0.39 is 0 Å². The molecule has 3 heterocycles. The molecule has 1 N–H and O–H groups in total. The van der Waals surface area contributed by atoms with Gasteiger partial charge >= 0.3 is 0 Å². The fourth-order valence-electron chi connectivity index (χ4n) is 3.22. The SMILES string of the molecule is c1cc2c(c(CN3CCc4cncnc4C3)c1)NCC2. The summed E-state index contributed by atoms with van der Waals surface area (Å²) in [4.78, 5) is 11.0. The molecule has 0 amide bonds. The first-order valence-corrected chi connectivity index (χ1v) is 7.25. The second-order valence-corrected chi connectivity index (χ2v) is 5.58. The first-order chi connectivity index (χ1) is 9.90. The van der Waals surface area contributed by atoms with E-state index in [1.165, 1.54) is 28.1 Å². The molecule has 20 heavy (non-hydrogen) atoms. The molecular formula is C16H18N4. The van der Waals surface area contributed by atoms with E-state index in [9.17, 15) is 0 Å². The maximum Gasteiger partial charge on any atom is 0.115 e. The summed E-state index contributed by atoms with van der Waals surface area (Å²) in [5.41, 5.74) is 6.73. The monoisotopic (exact) mass is 266 g/mol. The fourth-order valence-corrected chi connectivity index (χ4v) is 3.22. The number of anilines is 1. The largest absolute Gasteiger partial charge is 0.384 e. The fraction of sp³-hybridized carbons (Fsp3) is 0.375. The Balaban J connectivity index is 1.55. The summed E-state index contributed by atoms with van der Waals surface area (Å²) in [7, 11) is 0. The molecule has 2 aliphatic rings. The minimum absolute atomic E-state index is 0.932. The molecule has 0 saturated heterocycles. The number of hydrogen-bond acceptors (Lipinski definition) is 4. The van der Waals surface area contributed by atoms with Crippen molar-refractivity contribution in [1.82, 2.24) is 14.9 Å². The summed E-state index contributed by atoms with van der Waals surface area (Å²) < 4.78 is 0. The molecule has 1 aromatic carbocycles. The second-order valence-electron chi connectivity index (χ2n) is 5.58. The minimum atomic E-state index is 0.932. The van der Waals surface area contributed by atoms with Gasteiger partial charge in [-0.05, 0) is 29.5 Å². The molecule has 102 valence electrons. The van der Waals surface area contributed by atoms with Crippen molar-refractivity contribution in [3.05, 3.63) is 53.1 Å². The van der Waals surface area contributed by atoms with Gasteiger partial charge in [0.2, 0.25) is 0 Å². The summed E-state index contributed by atoms with van der Waals surface area (Å²) in [6, 6.07) is 6.66. The number of para-hydroxylation sites is 1. The number of rotatable bonds is 2. The highest BCUT2D eigenvalue weighted by Gasteiger charge is 2.20. The van der Waals surface area contributed by atoms with E-state index in [-0.39, 0.29) is 0 Å². The van der Waals surface area contributed by atoms with Crippen LogP contribution in [0.4, 0.5) is 5.69 Å². The summed E-state index contributed by atoms with van der Waals surface area (Å²) in [5.74, 6) is 0. The van der Waals surface area contributed by atoms with E-state index in [1.54, 1.807) is 6.33 Å². The summed E-state index contributed by atoms with van der Waals surface area (Å²) >= 11 is 0. The topological polar surface area (TPSA) is 41.1 Å². The maximum absolute atomic E-state index is 4.42. The standard InChI is InChI=1S/C16H18N4/c1-2-12-4-6-18-16(12)14(3-1)9-20-7-5-13-8-17-11-19-15(13)10-20/h1-3,8,11,18H,4-7,9-10H2. The predicted molar refractivity (Wildman–Crippen MR) is 78.5 cm³/mol. The van der Waals surface area contributed by atoms with Gasteiger partial charge in [0.1, 0.15) is 6.33 Å². The Morgan fingerprint density at radius 3 is 3.20 bits per heavy atom. The number of aromatic nitrogens is 2. The van der Waals surface area contributed by atoms with Crippen LogP contribution in [0.15, 0.2) is 30.7 Å². The van der Waals surface area contributed by atoms with E-state index in [2.05, 4.69) is 38.4 Å². The van der Waals surface area contributed by atoms with Crippen molar-refractivity contribution in [2.45, 2.75) is 25.9 Å². The molecule has 1 aromatic heterocycles. The van der Waals surface area contributed by atoms with E-state index in [0.29, 0.717) is 0 Å². The molecular weight excluding hydrogens is 248 g/mol. The molecule has 0 atom stereocenters. The lowest BCUT2D eigenvalue weighted by atomic mass is 10.0. The van der Waals surface area contributed by atoms with Crippen molar-refractivity contribution < 1.29 is 0 Å². The lowest BCUT2D eigenvalue weighted by Gasteiger charge is -2.28. The number of nitrogens with one attached hydrogen (secondary N) is 1. The number of benzene rings is 1. The Kier molecular flexibility index (Phi) is 2.89. The minimum Gasteiger partial charge on any atom is -0.384 e. The van der Waals surface area contributed by atoms with Crippen LogP contribution in [-0.2, 0) is 25.9 Å². The van der Waals surface area contributed by atoms with Crippen LogP contribution < -0.4 is 5.32 Å².